The molecule has 2 N–H and O–H groups in total. The highest BCUT2D eigenvalue weighted by Gasteiger charge is 2.13. The van der Waals surface area contributed by atoms with Gasteiger partial charge in [-0.25, -0.2) is 0 Å². The van der Waals surface area contributed by atoms with Crippen molar-refractivity contribution in [2.45, 2.75) is 57.5 Å². The minimum absolute atomic E-state index is 0. The Morgan fingerprint density at radius 2 is 2.19 bits per heavy atom. The maximum atomic E-state index is 5.72. The Labute approximate surface area is 146 Å². The maximum absolute atomic E-state index is 5.72. The molecule has 1 atom stereocenters. The highest BCUT2D eigenvalue weighted by Crippen LogP contribution is 2.19. The summed E-state index contributed by atoms with van der Waals surface area (Å²) in [4.78, 5) is 4.27. The van der Waals surface area contributed by atoms with Crippen LogP contribution >= 0.6 is 24.0 Å². The molecular weight excluding hydrogens is 377 g/mol. The van der Waals surface area contributed by atoms with E-state index in [0.717, 1.165) is 38.5 Å². The molecule has 2 aliphatic rings. The van der Waals surface area contributed by atoms with E-state index in [-0.39, 0.29) is 24.0 Å². The summed E-state index contributed by atoms with van der Waals surface area (Å²) >= 11 is 0. The van der Waals surface area contributed by atoms with Gasteiger partial charge in [-0.1, -0.05) is 11.6 Å². The molecule has 0 aromatic rings. The third-order valence-corrected chi connectivity index (χ3v) is 4.12. The van der Waals surface area contributed by atoms with E-state index in [9.17, 15) is 0 Å². The summed E-state index contributed by atoms with van der Waals surface area (Å²) in [5.41, 5.74) is 1.61. The molecule has 1 aliphatic carbocycles. The predicted octanol–water partition coefficient (Wildman–Crippen LogP) is 3.23. The van der Waals surface area contributed by atoms with Gasteiger partial charge < -0.3 is 15.4 Å². The Balaban J connectivity index is 0.00000220. The first-order chi connectivity index (χ1) is 9.88. The Hall–Kier alpha value is -0.300. The standard InChI is InChI=1S/C16H29N3O.HI/c1-17-16(19-13-15-9-5-6-12-20-15)18-11-10-14-7-3-2-4-8-14;/h7,15H,2-6,8-13H2,1H3,(H2,17,18,19);1H. The Kier molecular flexibility index (Phi) is 10.1. The van der Waals surface area contributed by atoms with E-state index in [2.05, 4.69) is 21.7 Å². The topological polar surface area (TPSA) is 45.7 Å². The molecule has 5 heteroatoms. The van der Waals surface area contributed by atoms with Gasteiger partial charge in [0.2, 0.25) is 0 Å². The van der Waals surface area contributed by atoms with Gasteiger partial charge in [0.05, 0.1) is 6.10 Å². The number of nitrogens with one attached hydrogen (secondary N) is 2. The number of hydrogen-bond donors (Lipinski definition) is 2. The summed E-state index contributed by atoms with van der Waals surface area (Å²) in [6, 6.07) is 0. The van der Waals surface area contributed by atoms with Gasteiger partial charge in [-0.15, -0.1) is 24.0 Å². The molecule has 1 aliphatic heterocycles. The van der Waals surface area contributed by atoms with Crippen LogP contribution in [0.4, 0.5) is 0 Å². The highest BCUT2D eigenvalue weighted by molar-refractivity contribution is 14.0. The third kappa shape index (κ3) is 7.49. The van der Waals surface area contributed by atoms with Gasteiger partial charge in [-0.3, -0.25) is 4.99 Å². The number of nitrogens with zero attached hydrogens (tertiary/aromatic N) is 1. The van der Waals surface area contributed by atoms with Crippen molar-refractivity contribution < 1.29 is 4.74 Å². The minimum atomic E-state index is 0. The van der Waals surface area contributed by atoms with E-state index in [1.54, 1.807) is 5.57 Å². The second-order valence-corrected chi connectivity index (χ2v) is 5.73. The first kappa shape index (κ1) is 18.7. The van der Waals surface area contributed by atoms with Gasteiger partial charge in [0.1, 0.15) is 0 Å². The smallest absolute Gasteiger partial charge is 0.191 e. The first-order valence-corrected chi connectivity index (χ1v) is 8.12. The van der Waals surface area contributed by atoms with Gasteiger partial charge in [-0.05, 0) is 51.4 Å². The van der Waals surface area contributed by atoms with E-state index in [1.807, 2.05) is 7.05 Å². The summed E-state index contributed by atoms with van der Waals surface area (Å²) in [6.45, 7) is 2.74. The maximum Gasteiger partial charge on any atom is 0.191 e. The molecule has 21 heavy (non-hydrogen) atoms. The van der Waals surface area contributed by atoms with Crippen LogP contribution in [-0.4, -0.2) is 38.8 Å². The second-order valence-electron chi connectivity index (χ2n) is 5.73. The van der Waals surface area contributed by atoms with Crippen LogP contribution < -0.4 is 10.6 Å². The molecule has 2 rings (SSSR count). The fourth-order valence-electron chi connectivity index (χ4n) is 2.87. The van der Waals surface area contributed by atoms with Crippen LogP contribution in [0.25, 0.3) is 0 Å². The zero-order valence-electron chi connectivity index (χ0n) is 13.2. The normalized spacial score (nSPS) is 23.0. The largest absolute Gasteiger partial charge is 0.376 e. The summed E-state index contributed by atoms with van der Waals surface area (Å²) in [7, 11) is 1.83. The average Bonchev–Trinajstić information content (AvgIpc) is 2.52. The monoisotopic (exact) mass is 407 g/mol. The van der Waals surface area contributed by atoms with Gasteiger partial charge in [0.25, 0.3) is 0 Å². The zero-order chi connectivity index (χ0) is 14.0. The van der Waals surface area contributed by atoms with E-state index in [4.69, 9.17) is 4.74 Å². The fraction of sp³-hybridized carbons (Fsp3) is 0.812. The number of allylic oxidation sites excluding steroid dienone is 1. The lowest BCUT2D eigenvalue weighted by atomic mass is 9.97. The van der Waals surface area contributed by atoms with Crippen molar-refractivity contribution in [2.24, 2.45) is 4.99 Å². The van der Waals surface area contributed by atoms with Crippen molar-refractivity contribution in [3.8, 4) is 0 Å². The lowest BCUT2D eigenvalue weighted by Crippen LogP contribution is -2.42. The van der Waals surface area contributed by atoms with Crippen LogP contribution in [0.2, 0.25) is 0 Å². The van der Waals surface area contributed by atoms with Crippen molar-refractivity contribution in [1.29, 1.82) is 0 Å². The number of halogens is 1. The molecular formula is C16H30IN3O. The molecule has 0 radical (unpaired) electrons. The number of aliphatic imine (C=N–C) groups is 1. The van der Waals surface area contributed by atoms with Gasteiger partial charge >= 0.3 is 0 Å². The lowest BCUT2D eigenvalue weighted by molar-refractivity contribution is 0.0194. The molecule has 1 fully saturated rings. The highest BCUT2D eigenvalue weighted by atomic mass is 127. The minimum Gasteiger partial charge on any atom is -0.376 e. The van der Waals surface area contributed by atoms with Crippen molar-refractivity contribution >= 4 is 29.9 Å². The number of ether oxygens (including phenoxy) is 1. The van der Waals surface area contributed by atoms with Gasteiger partial charge in [0, 0.05) is 26.7 Å². The number of hydrogen-bond acceptors (Lipinski definition) is 2. The van der Waals surface area contributed by atoms with Crippen LogP contribution in [0, 0.1) is 0 Å². The van der Waals surface area contributed by atoms with E-state index in [0.29, 0.717) is 6.10 Å². The van der Waals surface area contributed by atoms with Crippen molar-refractivity contribution in [3.05, 3.63) is 11.6 Å². The first-order valence-electron chi connectivity index (χ1n) is 8.12. The molecule has 1 heterocycles. The predicted molar refractivity (Wildman–Crippen MR) is 99.5 cm³/mol. The molecule has 1 unspecified atom stereocenters. The molecule has 4 nitrogen and oxygen atoms in total. The van der Waals surface area contributed by atoms with Crippen molar-refractivity contribution in [1.82, 2.24) is 10.6 Å². The molecule has 122 valence electrons. The molecule has 0 aromatic heterocycles. The average molecular weight is 407 g/mol. The lowest BCUT2D eigenvalue weighted by Gasteiger charge is -2.23. The van der Waals surface area contributed by atoms with E-state index < -0.39 is 0 Å². The molecule has 0 saturated carbocycles. The molecule has 0 spiro atoms. The zero-order valence-corrected chi connectivity index (χ0v) is 15.5. The molecule has 0 aromatic carbocycles. The number of rotatable bonds is 5. The molecule has 1 saturated heterocycles. The fourth-order valence-corrected chi connectivity index (χ4v) is 2.87. The number of guanidine groups is 1. The van der Waals surface area contributed by atoms with Crippen LogP contribution in [0.15, 0.2) is 16.6 Å². The Morgan fingerprint density at radius 1 is 1.29 bits per heavy atom. The molecule has 0 bridgehead atoms. The van der Waals surface area contributed by atoms with Crippen molar-refractivity contribution in [2.75, 3.05) is 26.7 Å². The van der Waals surface area contributed by atoms with Crippen molar-refractivity contribution in [3.63, 3.8) is 0 Å². The second kappa shape index (κ2) is 11.3. The summed E-state index contributed by atoms with van der Waals surface area (Å²) in [5.74, 6) is 0.899. The third-order valence-electron chi connectivity index (χ3n) is 4.12. The summed E-state index contributed by atoms with van der Waals surface area (Å²) in [5, 5.41) is 6.77. The van der Waals surface area contributed by atoms with Crippen LogP contribution in [0.5, 0.6) is 0 Å². The Bertz CT molecular complexity index is 338. The molecule has 0 amide bonds. The van der Waals surface area contributed by atoms with E-state index in [1.165, 1.54) is 38.5 Å². The Morgan fingerprint density at radius 3 is 2.86 bits per heavy atom. The van der Waals surface area contributed by atoms with Crippen LogP contribution in [-0.2, 0) is 4.74 Å². The van der Waals surface area contributed by atoms with Crippen LogP contribution in [0.3, 0.4) is 0 Å². The summed E-state index contributed by atoms with van der Waals surface area (Å²) < 4.78 is 5.72. The SMILES string of the molecule is CN=C(NCCC1=CCCCC1)NCC1CCCCO1.I. The van der Waals surface area contributed by atoms with Crippen LogP contribution in [0.1, 0.15) is 51.4 Å². The van der Waals surface area contributed by atoms with E-state index >= 15 is 0 Å². The van der Waals surface area contributed by atoms with Gasteiger partial charge in [-0.2, -0.15) is 0 Å². The summed E-state index contributed by atoms with van der Waals surface area (Å²) in [6.07, 6.45) is 12.8. The quantitative estimate of drug-likeness (QED) is 0.318. The van der Waals surface area contributed by atoms with Gasteiger partial charge in [0.15, 0.2) is 5.96 Å².